The number of hydrogen-bond acceptors (Lipinski definition) is 8. The fraction of sp³-hybridized carbons (Fsp3) is 0.184. The van der Waals surface area contributed by atoms with Gasteiger partial charge >= 0.3 is 5.97 Å². The first-order valence-electron chi connectivity index (χ1n) is 19.9. The number of carboxylic acids is 1. The Balaban J connectivity index is 1.01. The van der Waals surface area contributed by atoms with E-state index >= 15 is 0 Å². The third kappa shape index (κ3) is 9.71. The van der Waals surface area contributed by atoms with Crippen LogP contribution in [-0.4, -0.2) is 56.9 Å². The molecule has 6 aromatic carbocycles. The molecular formula is C49H39Cl2N3O8S. The zero-order chi connectivity index (χ0) is 44.2. The van der Waals surface area contributed by atoms with Crippen LogP contribution in [0.25, 0.3) is 11.1 Å². The minimum atomic E-state index is -1.52. The molecule has 0 bridgehead atoms. The fourth-order valence-corrected chi connectivity index (χ4v) is 8.72. The average Bonchev–Trinajstić information content (AvgIpc) is 3.30. The van der Waals surface area contributed by atoms with E-state index in [0.29, 0.717) is 55.5 Å². The average molecular weight is 901 g/mol. The second kappa shape index (κ2) is 18.8. The molecule has 11 nitrogen and oxygen atoms in total. The Hall–Kier alpha value is -6.65. The Labute approximate surface area is 376 Å². The lowest BCUT2D eigenvalue weighted by molar-refractivity contribution is -0.142. The van der Waals surface area contributed by atoms with Crippen molar-refractivity contribution in [1.82, 2.24) is 10.2 Å². The topological polar surface area (TPSA) is 155 Å². The molecular weight excluding hydrogens is 862 g/mol. The summed E-state index contributed by atoms with van der Waals surface area (Å²) in [6.45, 7) is 0.500. The van der Waals surface area contributed by atoms with Crippen molar-refractivity contribution < 1.29 is 37.9 Å². The van der Waals surface area contributed by atoms with Gasteiger partial charge in [-0.1, -0.05) is 89.9 Å². The molecule has 2 amide bonds. The maximum atomic E-state index is 14.5. The summed E-state index contributed by atoms with van der Waals surface area (Å²) < 4.78 is 31.4. The minimum absolute atomic E-state index is 0.0159. The van der Waals surface area contributed by atoms with Gasteiger partial charge in [0.05, 0.1) is 42.9 Å². The monoisotopic (exact) mass is 899 g/mol. The molecule has 0 fully saturated rings. The van der Waals surface area contributed by atoms with Gasteiger partial charge in [-0.25, -0.2) is 4.79 Å². The van der Waals surface area contributed by atoms with E-state index in [1.54, 1.807) is 60.7 Å². The molecule has 2 aliphatic rings. The van der Waals surface area contributed by atoms with E-state index in [4.69, 9.17) is 42.7 Å². The molecule has 0 spiro atoms. The Bertz CT molecular complexity index is 2780. The van der Waals surface area contributed by atoms with Gasteiger partial charge in [0.25, 0.3) is 5.91 Å². The first-order valence-corrected chi connectivity index (χ1v) is 22.2. The SMILES string of the molecule is CS(=O)c1ccccc1C(=O)N1Cc2cc3c(cc2CC1C(=O)N[C@@H](Cc1ccc(-c2ccc(C#N)cc2)cc1)C(=O)O)OCC(c1ccc(OCc2ccc(Cl)c(Cl)c2)cc1)O3. The van der Waals surface area contributed by atoms with Crippen LogP contribution >= 0.6 is 23.2 Å². The second-order valence-corrected chi connectivity index (χ2v) is 17.3. The summed E-state index contributed by atoms with van der Waals surface area (Å²) in [7, 11) is -1.52. The van der Waals surface area contributed by atoms with E-state index in [0.717, 1.165) is 27.8 Å². The molecule has 14 heteroatoms. The van der Waals surface area contributed by atoms with Gasteiger partial charge in [-0.05, 0) is 99.6 Å². The second-order valence-electron chi connectivity index (χ2n) is 15.2. The third-order valence-electron chi connectivity index (χ3n) is 11.0. The number of ether oxygens (including phenoxy) is 3. The number of nitrogens with zero attached hydrogens (tertiary/aromatic N) is 2. The van der Waals surface area contributed by atoms with Crippen LogP contribution in [0.1, 0.15) is 49.8 Å². The van der Waals surface area contributed by atoms with Gasteiger partial charge in [0.15, 0.2) is 17.6 Å². The van der Waals surface area contributed by atoms with Gasteiger partial charge < -0.3 is 29.5 Å². The smallest absolute Gasteiger partial charge is 0.326 e. The Morgan fingerprint density at radius 2 is 1.56 bits per heavy atom. The molecule has 63 heavy (non-hydrogen) atoms. The highest BCUT2D eigenvalue weighted by Gasteiger charge is 2.39. The first-order chi connectivity index (χ1) is 30.4. The number of halogens is 2. The van der Waals surface area contributed by atoms with Gasteiger partial charge in [-0.3, -0.25) is 13.8 Å². The number of carbonyl (C=O) groups excluding carboxylic acids is 2. The standard InChI is InChI=1S/C49H39Cl2N3O8S/c1-63(59)46-5-3-2-4-38(46)48(56)54-26-36-24-44-43(61-28-45(62-44)34-15-17-37(18-16-34)60-27-31-10-19-39(50)40(51)20-31)23-35(36)22-42(54)47(55)53-41(49(57)58)21-29-6-11-32(12-7-29)33-13-8-30(25-52)9-14-33/h2-20,23-24,41-42,45H,21-22,26-28H2,1H3,(H,53,55)(H,57,58)/t41-,42?,45?,63?/m0/s1. The van der Waals surface area contributed by atoms with Gasteiger partial charge in [-0.2, -0.15) is 5.26 Å². The molecule has 0 radical (unpaired) electrons. The third-order valence-corrected chi connectivity index (χ3v) is 12.8. The number of nitriles is 1. The predicted octanol–water partition coefficient (Wildman–Crippen LogP) is 8.74. The van der Waals surface area contributed by atoms with Crippen molar-refractivity contribution in [2.75, 3.05) is 12.9 Å². The summed E-state index contributed by atoms with van der Waals surface area (Å²) in [6.07, 6.45) is 1.07. The lowest BCUT2D eigenvalue weighted by Gasteiger charge is -2.38. The lowest BCUT2D eigenvalue weighted by atomic mass is 9.91. The molecule has 6 aromatic rings. The Morgan fingerprint density at radius 1 is 0.873 bits per heavy atom. The van der Waals surface area contributed by atoms with E-state index in [2.05, 4.69) is 11.4 Å². The number of benzene rings is 6. The highest BCUT2D eigenvalue weighted by Crippen LogP contribution is 2.41. The number of aliphatic carboxylic acids is 1. The lowest BCUT2D eigenvalue weighted by Crippen LogP contribution is -2.56. The van der Waals surface area contributed by atoms with Crippen LogP contribution in [0.5, 0.6) is 17.2 Å². The largest absolute Gasteiger partial charge is 0.489 e. The first kappa shape index (κ1) is 43.0. The number of fused-ring (bicyclic) bond motifs is 2. The normalized spacial score (nSPS) is 16.2. The van der Waals surface area contributed by atoms with Crippen molar-refractivity contribution >= 4 is 51.8 Å². The molecule has 2 N–H and O–H groups in total. The number of carboxylic acid groups (broad SMARTS) is 1. The van der Waals surface area contributed by atoms with Crippen LogP contribution in [-0.2, 0) is 46.4 Å². The van der Waals surface area contributed by atoms with Gasteiger partial charge in [-0.15, -0.1) is 0 Å². The highest BCUT2D eigenvalue weighted by molar-refractivity contribution is 7.84. The van der Waals surface area contributed by atoms with Gasteiger partial charge in [0.1, 0.15) is 31.0 Å². The Morgan fingerprint density at radius 3 is 2.24 bits per heavy atom. The maximum Gasteiger partial charge on any atom is 0.326 e. The molecule has 0 saturated heterocycles. The summed E-state index contributed by atoms with van der Waals surface area (Å²) in [4.78, 5) is 43.1. The summed E-state index contributed by atoms with van der Waals surface area (Å²) in [5.41, 5.74) is 6.35. The van der Waals surface area contributed by atoms with Crippen molar-refractivity contribution in [2.45, 2.75) is 49.1 Å². The molecule has 0 saturated carbocycles. The van der Waals surface area contributed by atoms with Crippen molar-refractivity contribution in [3.63, 3.8) is 0 Å². The fourth-order valence-electron chi connectivity index (χ4n) is 7.66. The maximum absolute atomic E-state index is 14.5. The van der Waals surface area contributed by atoms with Crippen LogP contribution in [0, 0.1) is 11.3 Å². The zero-order valence-electron chi connectivity index (χ0n) is 33.8. The number of hydrogen-bond donors (Lipinski definition) is 2. The number of rotatable bonds is 12. The van der Waals surface area contributed by atoms with Crippen molar-refractivity contribution in [3.05, 3.63) is 176 Å². The van der Waals surface area contributed by atoms with Gasteiger partial charge in [0, 0.05) is 25.6 Å². The zero-order valence-corrected chi connectivity index (χ0v) is 36.1. The predicted molar refractivity (Wildman–Crippen MR) is 239 cm³/mol. The summed E-state index contributed by atoms with van der Waals surface area (Å²) in [6, 6.07) is 37.1. The van der Waals surface area contributed by atoms with Crippen LogP contribution < -0.4 is 19.5 Å². The van der Waals surface area contributed by atoms with Crippen LogP contribution in [0.15, 0.2) is 132 Å². The van der Waals surface area contributed by atoms with E-state index in [1.165, 1.54) is 11.2 Å². The molecule has 0 aromatic heterocycles. The van der Waals surface area contributed by atoms with Crippen molar-refractivity contribution in [3.8, 4) is 34.4 Å². The van der Waals surface area contributed by atoms with Crippen molar-refractivity contribution in [1.29, 1.82) is 5.26 Å². The number of amides is 2. The highest BCUT2D eigenvalue weighted by atomic mass is 35.5. The molecule has 0 aliphatic carbocycles. The number of carbonyl (C=O) groups is 3. The van der Waals surface area contributed by atoms with E-state index in [9.17, 15) is 23.7 Å². The van der Waals surface area contributed by atoms with E-state index in [1.807, 2.05) is 66.7 Å². The minimum Gasteiger partial charge on any atom is -0.489 e. The summed E-state index contributed by atoms with van der Waals surface area (Å²) in [5.74, 6) is -0.815. The molecule has 2 heterocycles. The van der Waals surface area contributed by atoms with E-state index < -0.39 is 46.8 Å². The molecule has 4 atom stereocenters. The summed E-state index contributed by atoms with van der Waals surface area (Å²) >= 11 is 12.2. The van der Waals surface area contributed by atoms with Crippen LogP contribution in [0.4, 0.5) is 0 Å². The summed E-state index contributed by atoms with van der Waals surface area (Å²) in [5, 5.41) is 23.1. The molecule has 3 unspecified atom stereocenters. The molecule has 8 rings (SSSR count). The van der Waals surface area contributed by atoms with Crippen LogP contribution in [0.3, 0.4) is 0 Å². The van der Waals surface area contributed by atoms with Gasteiger partial charge in [0.2, 0.25) is 5.91 Å². The van der Waals surface area contributed by atoms with Crippen molar-refractivity contribution in [2.24, 2.45) is 0 Å². The van der Waals surface area contributed by atoms with Crippen LogP contribution in [0.2, 0.25) is 10.0 Å². The molecule has 318 valence electrons. The Kier molecular flexibility index (Phi) is 12.8. The quantitative estimate of drug-likeness (QED) is 0.123. The molecule has 2 aliphatic heterocycles. The van der Waals surface area contributed by atoms with E-state index in [-0.39, 0.29) is 31.6 Å². The number of nitrogens with one attached hydrogen (secondary N) is 1.